The van der Waals surface area contributed by atoms with Crippen LogP contribution >= 0.6 is 12.6 Å². The zero-order valence-corrected chi connectivity index (χ0v) is 16.4. The van der Waals surface area contributed by atoms with E-state index >= 15 is 0 Å². The molecule has 0 radical (unpaired) electrons. The number of nitrogens with two attached hydrogens (primary N) is 1. The third-order valence-electron chi connectivity index (χ3n) is 4.48. The number of rotatable bonds is 2. The summed E-state index contributed by atoms with van der Waals surface area (Å²) in [5.74, 6) is 0.0595. The highest BCUT2D eigenvalue weighted by molar-refractivity contribution is 7.79. The van der Waals surface area contributed by atoms with Crippen molar-refractivity contribution in [2.45, 2.75) is 38.1 Å². The smallest absolute Gasteiger partial charge is 0.399 e. The summed E-state index contributed by atoms with van der Waals surface area (Å²) < 4.78 is 49.9. The lowest BCUT2D eigenvalue weighted by molar-refractivity contribution is -0.137. The summed E-state index contributed by atoms with van der Waals surface area (Å²) in [6.07, 6.45) is -3.82. The molecular formula is C20H22F4N2OS. The zero-order chi connectivity index (χ0) is 21.1. The van der Waals surface area contributed by atoms with Gasteiger partial charge in [0.2, 0.25) is 5.91 Å². The maximum atomic E-state index is 13.8. The van der Waals surface area contributed by atoms with Crippen molar-refractivity contribution in [3.05, 3.63) is 58.9 Å². The average Bonchev–Trinajstić information content (AvgIpc) is 2.62. The number of alkyl halides is 3. The first-order chi connectivity index (χ1) is 13.1. The number of fused-ring (bicyclic) bond motifs is 1. The van der Waals surface area contributed by atoms with Gasteiger partial charge in [-0.2, -0.15) is 25.8 Å². The Morgan fingerprint density at radius 3 is 2.32 bits per heavy atom. The number of hydrogen-bond acceptors (Lipinski definition) is 3. The van der Waals surface area contributed by atoms with E-state index in [-0.39, 0.29) is 11.8 Å². The van der Waals surface area contributed by atoms with Crippen molar-refractivity contribution in [2.75, 3.05) is 17.2 Å². The van der Waals surface area contributed by atoms with Gasteiger partial charge in [-0.3, -0.25) is 4.79 Å². The lowest BCUT2D eigenvalue weighted by atomic mass is 9.90. The number of nitrogen functional groups attached to an aromatic ring is 1. The third-order valence-corrected chi connectivity index (χ3v) is 4.84. The second kappa shape index (κ2) is 8.86. The molecule has 1 unspecified atom stereocenters. The normalized spacial score (nSPS) is 16.3. The number of anilines is 2. The van der Waals surface area contributed by atoms with Crippen LogP contribution in [0.25, 0.3) is 0 Å². The number of amides is 1. The van der Waals surface area contributed by atoms with E-state index in [9.17, 15) is 22.4 Å². The summed E-state index contributed by atoms with van der Waals surface area (Å²) in [5.41, 5.74) is 7.44. The van der Waals surface area contributed by atoms with Gasteiger partial charge in [0.15, 0.2) is 0 Å². The average molecular weight is 414 g/mol. The number of thiol groups is 1. The van der Waals surface area contributed by atoms with Gasteiger partial charge >= 0.3 is 6.18 Å². The number of carbonyl (C=O) groups is 1. The van der Waals surface area contributed by atoms with E-state index in [1.807, 2.05) is 13.8 Å². The third kappa shape index (κ3) is 4.98. The van der Waals surface area contributed by atoms with E-state index in [2.05, 4.69) is 12.6 Å². The number of carbonyl (C=O) groups excluding carboxylic acids is 1. The van der Waals surface area contributed by atoms with E-state index < -0.39 is 17.6 Å². The Morgan fingerprint density at radius 1 is 1.21 bits per heavy atom. The molecule has 0 fully saturated rings. The van der Waals surface area contributed by atoms with Gasteiger partial charge in [-0.1, -0.05) is 19.1 Å². The van der Waals surface area contributed by atoms with Crippen molar-refractivity contribution in [3.8, 4) is 0 Å². The van der Waals surface area contributed by atoms with Crippen LogP contribution in [0.3, 0.4) is 0 Å². The van der Waals surface area contributed by atoms with Crippen molar-refractivity contribution < 1.29 is 22.4 Å². The van der Waals surface area contributed by atoms with Gasteiger partial charge in [-0.15, -0.1) is 0 Å². The molecular weight excluding hydrogens is 392 g/mol. The lowest BCUT2D eigenvalue weighted by Gasteiger charge is -2.32. The van der Waals surface area contributed by atoms with Crippen LogP contribution in [0.1, 0.15) is 42.9 Å². The highest BCUT2D eigenvalue weighted by Gasteiger charge is 2.31. The molecule has 1 atom stereocenters. The Morgan fingerprint density at radius 2 is 1.82 bits per heavy atom. The molecule has 1 heterocycles. The zero-order valence-electron chi connectivity index (χ0n) is 15.6. The van der Waals surface area contributed by atoms with Gasteiger partial charge < -0.3 is 10.6 Å². The summed E-state index contributed by atoms with van der Waals surface area (Å²) >= 11 is 3.94. The van der Waals surface area contributed by atoms with Crippen LogP contribution in [-0.4, -0.2) is 12.5 Å². The number of hydrogen-bond donors (Lipinski definition) is 2. The Labute approximate surface area is 166 Å². The quantitative estimate of drug-likeness (QED) is 0.393. The monoisotopic (exact) mass is 414 g/mol. The molecule has 2 N–H and O–H groups in total. The molecule has 1 amide bonds. The van der Waals surface area contributed by atoms with Crippen LogP contribution in [0.2, 0.25) is 0 Å². The maximum Gasteiger partial charge on any atom is 0.416 e. The SMILES string of the molecule is CCN1C(=O)CC(C)c2cc(N)cc(F)c21.FC(F)(F)c1ccc(CS)cc1. The summed E-state index contributed by atoms with van der Waals surface area (Å²) in [4.78, 5) is 13.3. The highest BCUT2D eigenvalue weighted by Crippen LogP contribution is 2.38. The van der Waals surface area contributed by atoms with Gasteiger partial charge in [0.25, 0.3) is 0 Å². The summed E-state index contributed by atoms with van der Waals surface area (Å²) in [6, 6.07) is 8.01. The summed E-state index contributed by atoms with van der Waals surface area (Å²) in [5, 5.41) is 0. The predicted molar refractivity (Wildman–Crippen MR) is 106 cm³/mol. The fourth-order valence-corrected chi connectivity index (χ4v) is 3.25. The second-order valence-corrected chi connectivity index (χ2v) is 6.85. The van der Waals surface area contributed by atoms with E-state index in [0.29, 0.717) is 30.1 Å². The van der Waals surface area contributed by atoms with E-state index in [1.165, 1.54) is 23.1 Å². The minimum absolute atomic E-state index is 0.0221. The van der Waals surface area contributed by atoms with Crippen molar-refractivity contribution in [2.24, 2.45) is 0 Å². The summed E-state index contributed by atoms with van der Waals surface area (Å²) in [6.45, 7) is 4.25. The Kier molecular flexibility index (Phi) is 6.98. The first-order valence-electron chi connectivity index (χ1n) is 8.74. The van der Waals surface area contributed by atoms with Crippen LogP contribution in [0.4, 0.5) is 28.9 Å². The number of benzene rings is 2. The van der Waals surface area contributed by atoms with E-state index in [4.69, 9.17) is 5.73 Å². The number of halogens is 4. The molecule has 3 rings (SSSR count). The summed E-state index contributed by atoms with van der Waals surface area (Å²) in [7, 11) is 0. The van der Waals surface area contributed by atoms with Gasteiger partial charge in [0.05, 0.1) is 11.3 Å². The molecule has 152 valence electrons. The Balaban J connectivity index is 0.000000209. The lowest BCUT2D eigenvalue weighted by Crippen LogP contribution is -2.36. The van der Waals surface area contributed by atoms with Crippen LogP contribution in [0, 0.1) is 5.82 Å². The molecule has 3 nitrogen and oxygen atoms in total. The van der Waals surface area contributed by atoms with E-state index in [1.54, 1.807) is 6.07 Å². The van der Waals surface area contributed by atoms with Crippen molar-refractivity contribution >= 4 is 29.9 Å². The molecule has 0 aromatic heterocycles. The molecule has 2 aromatic rings. The van der Waals surface area contributed by atoms with Crippen LogP contribution in [0.15, 0.2) is 36.4 Å². The fraction of sp³-hybridized carbons (Fsp3) is 0.350. The molecule has 1 aliphatic rings. The van der Waals surface area contributed by atoms with Crippen LogP contribution < -0.4 is 10.6 Å². The van der Waals surface area contributed by atoms with Crippen molar-refractivity contribution in [1.82, 2.24) is 0 Å². The van der Waals surface area contributed by atoms with Gasteiger partial charge in [-0.25, -0.2) is 4.39 Å². The molecule has 2 aromatic carbocycles. The fourth-order valence-electron chi connectivity index (χ4n) is 3.04. The number of nitrogens with zero attached hydrogens (tertiary/aromatic N) is 1. The van der Waals surface area contributed by atoms with Crippen molar-refractivity contribution in [1.29, 1.82) is 0 Å². The second-order valence-electron chi connectivity index (χ2n) is 6.54. The molecule has 0 saturated carbocycles. The first kappa shape index (κ1) is 22.1. The Hall–Kier alpha value is -2.22. The molecule has 1 aliphatic heterocycles. The highest BCUT2D eigenvalue weighted by atomic mass is 32.1. The molecule has 8 heteroatoms. The molecule has 0 bridgehead atoms. The van der Waals surface area contributed by atoms with Gasteiger partial charge in [0.1, 0.15) is 5.82 Å². The van der Waals surface area contributed by atoms with Crippen LogP contribution in [0.5, 0.6) is 0 Å². The molecule has 0 saturated heterocycles. The largest absolute Gasteiger partial charge is 0.416 e. The molecule has 28 heavy (non-hydrogen) atoms. The Bertz CT molecular complexity index is 837. The minimum atomic E-state index is -4.24. The van der Waals surface area contributed by atoms with Gasteiger partial charge in [0, 0.05) is 24.4 Å². The predicted octanol–water partition coefficient (Wildman–Crippen LogP) is 5.40. The minimum Gasteiger partial charge on any atom is -0.399 e. The molecule has 0 aliphatic carbocycles. The standard InChI is InChI=1S/C12H15FN2O.C8H7F3S/c1-3-15-11(16)4-7(2)9-5-8(14)6-10(13)12(9)15;9-8(10,11)7-3-1-6(5-12)2-4-7/h5-7H,3-4,14H2,1-2H3;1-4,12H,5H2. The van der Waals surface area contributed by atoms with Gasteiger partial charge in [-0.05, 0) is 48.2 Å². The van der Waals surface area contributed by atoms with E-state index in [0.717, 1.165) is 23.3 Å². The topological polar surface area (TPSA) is 46.3 Å². The molecule has 0 spiro atoms. The first-order valence-corrected chi connectivity index (χ1v) is 9.38. The van der Waals surface area contributed by atoms with Crippen LogP contribution in [-0.2, 0) is 16.7 Å². The van der Waals surface area contributed by atoms with Crippen molar-refractivity contribution in [3.63, 3.8) is 0 Å². The maximum absolute atomic E-state index is 13.8.